The van der Waals surface area contributed by atoms with E-state index in [1.165, 1.54) is 24.4 Å². The molecule has 0 aliphatic carbocycles. The number of nitrogens with zero attached hydrogens (tertiary/aromatic N) is 1. The van der Waals surface area contributed by atoms with Crippen LogP contribution in [0.3, 0.4) is 0 Å². The molecule has 2 aromatic carbocycles. The molecule has 1 N–H and O–H groups in total. The Balaban J connectivity index is 2.09. The summed E-state index contributed by atoms with van der Waals surface area (Å²) in [6.45, 7) is 0. The number of sulfonamides is 1. The summed E-state index contributed by atoms with van der Waals surface area (Å²) in [4.78, 5) is 4.08. The first kappa shape index (κ1) is 14.7. The smallest absolute Gasteiger partial charge is 0.264 e. The zero-order valence-electron chi connectivity index (χ0n) is 11.1. The van der Waals surface area contributed by atoms with Crippen molar-refractivity contribution in [2.24, 2.45) is 0 Å². The van der Waals surface area contributed by atoms with Gasteiger partial charge in [-0.15, -0.1) is 0 Å². The van der Waals surface area contributed by atoms with Crippen molar-refractivity contribution in [1.82, 2.24) is 4.98 Å². The van der Waals surface area contributed by atoms with E-state index in [-0.39, 0.29) is 15.6 Å². The van der Waals surface area contributed by atoms with Crippen molar-refractivity contribution in [3.63, 3.8) is 0 Å². The monoisotopic (exact) mass is 336 g/mol. The first-order chi connectivity index (χ1) is 10.5. The van der Waals surface area contributed by atoms with Gasteiger partial charge < -0.3 is 0 Å². The van der Waals surface area contributed by atoms with Crippen molar-refractivity contribution >= 4 is 38.2 Å². The molecule has 0 spiro atoms. The Morgan fingerprint density at radius 3 is 2.64 bits per heavy atom. The third-order valence-corrected chi connectivity index (χ3v) is 4.69. The van der Waals surface area contributed by atoms with E-state index in [1.807, 2.05) is 0 Å². The average Bonchev–Trinajstić information content (AvgIpc) is 2.49. The maximum atomic E-state index is 13.8. The lowest BCUT2D eigenvalue weighted by Gasteiger charge is -2.10. The summed E-state index contributed by atoms with van der Waals surface area (Å²) in [6, 6.07) is 12.0. The predicted molar refractivity (Wildman–Crippen MR) is 84.0 cm³/mol. The molecule has 3 rings (SSSR count). The van der Waals surface area contributed by atoms with Gasteiger partial charge in [-0.25, -0.2) is 12.8 Å². The molecule has 0 aliphatic rings. The molecule has 0 unspecified atom stereocenters. The lowest BCUT2D eigenvalue weighted by atomic mass is 10.2. The lowest BCUT2D eigenvalue weighted by Crippen LogP contribution is -2.14. The highest BCUT2D eigenvalue weighted by molar-refractivity contribution is 7.93. The van der Waals surface area contributed by atoms with E-state index < -0.39 is 15.8 Å². The van der Waals surface area contributed by atoms with E-state index in [9.17, 15) is 12.8 Å². The predicted octanol–water partition coefficient (Wildman–Crippen LogP) is 3.83. The van der Waals surface area contributed by atoms with E-state index in [0.717, 1.165) is 6.07 Å². The third-order valence-electron chi connectivity index (χ3n) is 3.06. The zero-order valence-corrected chi connectivity index (χ0v) is 12.7. The van der Waals surface area contributed by atoms with E-state index in [0.29, 0.717) is 10.9 Å². The molecule has 3 aromatic rings. The SMILES string of the molecule is O=S(=O)(Nc1ccc(Cl)cc1F)c1cccc2cccnc12. The Hall–Kier alpha value is -2.18. The highest BCUT2D eigenvalue weighted by Crippen LogP contribution is 2.25. The van der Waals surface area contributed by atoms with Crippen LogP contribution in [0.15, 0.2) is 59.6 Å². The molecule has 1 aromatic heterocycles. The molecule has 0 bridgehead atoms. The molecule has 0 amide bonds. The van der Waals surface area contributed by atoms with Gasteiger partial charge in [0, 0.05) is 16.6 Å². The van der Waals surface area contributed by atoms with Gasteiger partial charge in [0.2, 0.25) is 0 Å². The van der Waals surface area contributed by atoms with Gasteiger partial charge in [0.1, 0.15) is 10.7 Å². The first-order valence-electron chi connectivity index (χ1n) is 6.29. The Morgan fingerprint density at radius 2 is 1.86 bits per heavy atom. The molecule has 0 atom stereocenters. The summed E-state index contributed by atoms with van der Waals surface area (Å²) < 4.78 is 41.0. The van der Waals surface area contributed by atoms with Crippen LogP contribution in [-0.4, -0.2) is 13.4 Å². The fourth-order valence-electron chi connectivity index (χ4n) is 2.07. The number of pyridine rings is 1. The maximum Gasteiger partial charge on any atom is 0.264 e. The molecule has 0 saturated heterocycles. The Labute approximate surface area is 131 Å². The molecule has 22 heavy (non-hydrogen) atoms. The number of halogens is 2. The Kier molecular flexibility index (Phi) is 3.72. The summed E-state index contributed by atoms with van der Waals surface area (Å²) >= 11 is 5.66. The number of nitrogens with one attached hydrogen (secondary N) is 1. The summed E-state index contributed by atoms with van der Waals surface area (Å²) in [7, 11) is -3.97. The number of para-hydroxylation sites is 1. The minimum atomic E-state index is -3.97. The Morgan fingerprint density at radius 1 is 1.09 bits per heavy atom. The van der Waals surface area contributed by atoms with Gasteiger partial charge in [0.05, 0.1) is 11.2 Å². The summed E-state index contributed by atoms with van der Waals surface area (Å²) in [5.41, 5.74) is 0.157. The average molecular weight is 337 g/mol. The van der Waals surface area contributed by atoms with Gasteiger partial charge in [-0.1, -0.05) is 29.8 Å². The molecule has 112 valence electrons. The van der Waals surface area contributed by atoms with Gasteiger partial charge in [-0.05, 0) is 30.3 Å². The van der Waals surface area contributed by atoms with Gasteiger partial charge in [-0.3, -0.25) is 9.71 Å². The third kappa shape index (κ3) is 2.75. The fourth-order valence-corrected chi connectivity index (χ4v) is 3.47. The largest absolute Gasteiger partial charge is 0.277 e. The first-order valence-corrected chi connectivity index (χ1v) is 8.15. The molecular weight excluding hydrogens is 327 g/mol. The van der Waals surface area contributed by atoms with Crippen molar-refractivity contribution in [2.45, 2.75) is 4.90 Å². The van der Waals surface area contributed by atoms with Gasteiger partial charge in [-0.2, -0.15) is 0 Å². The number of aromatic nitrogens is 1. The van der Waals surface area contributed by atoms with Crippen molar-refractivity contribution in [1.29, 1.82) is 0 Å². The molecule has 1 heterocycles. The minimum Gasteiger partial charge on any atom is -0.277 e. The van der Waals surface area contributed by atoms with Crippen LogP contribution >= 0.6 is 11.6 Å². The normalized spacial score (nSPS) is 11.5. The minimum absolute atomic E-state index is 0.0139. The summed E-state index contributed by atoms with van der Waals surface area (Å²) in [6.07, 6.45) is 1.50. The maximum absolute atomic E-state index is 13.8. The van der Waals surface area contributed by atoms with E-state index >= 15 is 0 Å². The lowest BCUT2D eigenvalue weighted by molar-refractivity contribution is 0.599. The number of hydrogen-bond acceptors (Lipinski definition) is 3. The van der Waals surface area contributed by atoms with Crippen LogP contribution in [0.25, 0.3) is 10.9 Å². The van der Waals surface area contributed by atoms with Gasteiger partial charge >= 0.3 is 0 Å². The van der Waals surface area contributed by atoms with Crippen molar-refractivity contribution in [3.05, 3.63) is 65.6 Å². The van der Waals surface area contributed by atoms with Crippen LogP contribution in [0.1, 0.15) is 0 Å². The molecule has 0 aliphatic heterocycles. The number of benzene rings is 2. The topological polar surface area (TPSA) is 59.1 Å². The highest BCUT2D eigenvalue weighted by Gasteiger charge is 2.19. The molecule has 0 fully saturated rings. The molecule has 0 saturated carbocycles. The fraction of sp³-hybridized carbons (Fsp3) is 0. The number of rotatable bonds is 3. The summed E-state index contributed by atoms with van der Waals surface area (Å²) in [5.74, 6) is -0.746. The second kappa shape index (κ2) is 5.55. The number of hydrogen-bond donors (Lipinski definition) is 1. The van der Waals surface area contributed by atoms with Crippen LogP contribution in [-0.2, 0) is 10.0 Å². The van der Waals surface area contributed by atoms with E-state index in [2.05, 4.69) is 9.71 Å². The van der Waals surface area contributed by atoms with Crippen LogP contribution in [0.4, 0.5) is 10.1 Å². The van der Waals surface area contributed by atoms with Crippen LogP contribution in [0.2, 0.25) is 5.02 Å². The van der Waals surface area contributed by atoms with Crippen molar-refractivity contribution in [2.75, 3.05) is 4.72 Å². The standard InChI is InChI=1S/C15H10ClFN2O2S/c16-11-6-7-13(12(17)9-11)19-22(20,21)14-5-1-3-10-4-2-8-18-15(10)14/h1-9,19H. The second-order valence-corrected chi connectivity index (χ2v) is 6.65. The molecule has 7 heteroatoms. The molecular formula is C15H10ClFN2O2S. The highest BCUT2D eigenvalue weighted by atomic mass is 35.5. The van der Waals surface area contributed by atoms with E-state index in [4.69, 9.17) is 11.6 Å². The van der Waals surface area contributed by atoms with Gasteiger partial charge in [0.15, 0.2) is 0 Å². The second-order valence-electron chi connectivity index (χ2n) is 4.56. The van der Waals surface area contributed by atoms with Crippen LogP contribution < -0.4 is 4.72 Å². The zero-order chi connectivity index (χ0) is 15.7. The van der Waals surface area contributed by atoms with Crippen LogP contribution in [0.5, 0.6) is 0 Å². The molecule has 0 radical (unpaired) electrons. The van der Waals surface area contributed by atoms with E-state index in [1.54, 1.807) is 24.3 Å². The quantitative estimate of drug-likeness (QED) is 0.790. The summed E-state index contributed by atoms with van der Waals surface area (Å²) in [5, 5.41) is 0.870. The molecule has 4 nitrogen and oxygen atoms in total. The van der Waals surface area contributed by atoms with Crippen molar-refractivity contribution in [3.8, 4) is 0 Å². The van der Waals surface area contributed by atoms with Gasteiger partial charge in [0.25, 0.3) is 10.0 Å². The van der Waals surface area contributed by atoms with Crippen molar-refractivity contribution < 1.29 is 12.8 Å². The Bertz CT molecular complexity index is 955. The van der Waals surface area contributed by atoms with Crippen LogP contribution in [0, 0.1) is 5.82 Å². The number of fused-ring (bicyclic) bond motifs is 1. The number of anilines is 1.